The van der Waals surface area contributed by atoms with E-state index in [1.54, 1.807) is 7.11 Å². The molecule has 5 nitrogen and oxygen atoms in total. The van der Waals surface area contributed by atoms with Gasteiger partial charge in [0, 0.05) is 18.8 Å². The largest absolute Gasteiger partial charge is 0.491 e. The van der Waals surface area contributed by atoms with Crippen LogP contribution in [0.15, 0.2) is 24.3 Å². The van der Waals surface area contributed by atoms with Gasteiger partial charge in [0.2, 0.25) is 5.91 Å². The van der Waals surface area contributed by atoms with Gasteiger partial charge < -0.3 is 20.1 Å². The van der Waals surface area contributed by atoms with Gasteiger partial charge in [-0.3, -0.25) is 4.79 Å². The maximum absolute atomic E-state index is 11.7. The summed E-state index contributed by atoms with van der Waals surface area (Å²) in [5, 5.41) is 5.98. The van der Waals surface area contributed by atoms with Crippen molar-refractivity contribution in [1.82, 2.24) is 5.32 Å². The Bertz CT molecular complexity index is 393. The molecule has 0 aliphatic carbocycles. The molecule has 112 valence electrons. The zero-order valence-electron chi connectivity index (χ0n) is 12.4. The fourth-order valence-corrected chi connectivity index (χ4v) is 1.49. The van der Waals surface area contributed by atoms with Crippen LogP contribution in [0.4, 0.5) is 5.69 Å². The molecule has 5 heteroatoms. The standard InChI is InChI=1S/C15H24N2O3/c1-4-12(2)16-11-15(18)17-13-5-7-14(8-6-13)20-10-9-19-3/h5-8,12,16H,4,9-11H2,1-3H3,(H,17,18). The van der Waals surface area contributed by atoms with Crippen molar-refractivity contribution in [2.24, 2.45) is 0 Å². The highest BCUT2D eigenvalue weighted by atomic mass is 16.5. The third kappa shape index (κ3) is 6.54. The lowest BCUT2D eigenvalue weighted by Crippen LogP contribution is -2.33. The van der Waals surface area contributed by atoms with Crippen molar-refractivity contribution in [3.8, 4) is 5.75 Å². The van der Waals surface area contributed by atoms with Crippen molar-refractivity contribution in [3.63, 3.8) is 0 Å². The number of hydrogen-bond acceptors (Lipinski definition) is 4. The van der Waals surface area contributed by atoms with Crippen LogP contribution in [-0.2, 0) is 9.53 Å². The Morgan fingerprint density at radius 2 is 1.95 bits per heavy atom. The van der Waals surface area contributed by atoms with Gasteiger partial charge in [0.15, 0.2) is 0 Å². The van der Waals surface area contributed by atoms with E-state index in [0.29, 0.717) is 25.8 Å². The highest BCUT2D eigenvalue weighted by Crippen LogP contribution is 2.15. The van der Waals surface area contributed by atoms with E-state index in [0.717, 1.165) is 17.9 Å². The second kappa shape index (κ2) is 9.34. The van der Waals surface area contributed by atoms with Gasteiger partial charge >= 0.3 is 0 Å². The molecular formula is C15H24N2O3. The Kier molecular flexibility index (Phi) is 7.69. The number of amides is 1. The number of methoxy groups -OCH3 is 1. The topological polar surface area (TPSA) is 59.6 Å². The maximum Gasteiger partial charge on any atom is 0.238 e. The Hall–Kier alpha value is -1.59. The fraction of sp³-hybridized carbons (Fsp3) is 0.533. The summed E-state index contributed by atoms with van der Waals surface area (Å²) in [6.07, 6.45) is 1.00. The number of nitrogens with one attached hydrogen (secondary N) is 2. The Labute approximate surface area is 120 Å². The first-order chi connectivity index (χ1) is 9.65. The summed E-state index contributed by atoms with van der Waals surface area (Å²) >= 11 is 0. The number of anilines is 1. The van der Waals surface area contributed by atoms with Crippen LogP contribution >= 0.6 is 0 Å². The van der Waals surface area contributed by atoms with Gasteiger partial charge in [0.25, 0.3) is 0 Å². The predicted octanol–water partition coefficient (Wildman–Crippen LogP) is 2.04. The van der Waals surface area contributed by atoms with E-state index in [9.17, 15) is 4.79 Å². The lowest BCUT2D eigenvalue weighted by molar-refractivity contribution is -0.115. The molecule has 0 aliphatic rings. The molecular weight excluding hydrogens is 256 g/mol. The number of benzene rings is 1. The molecule has 0 spiro atoms. The van der Waals surface area contributed by atoms with E-state index >= 15 is 0 Å². The van der Waals surface area contributed by atoms with E-state index in [1.807, 2.05) is 24.3 Å². The van der Waals surface area contributed by atoms with Crippen molar-refractivity contribution in [3.05, 3.63) is 24.3 Å². The average molecular weight is 280 g/mol. The molecule has 0 fully saturated rings. The Balaban J connectivity index is 2.35. The lowest BCUT2D eigenvalue weighted by Gasteiger charge is -2.11. The predicted molar refractivity (Wildman–Crippen MR) is 80.2 cm³/mol. The second-order valence-corrected chi connectivity index (χ2v) is 4.60. The number of ether oxygens (including phenoxy) is 2. The third-order valence-electron chi connectivity index (χ3n) is 2.92. The molecule has 0 aromatic heterocycles. The molecule has 0 bridgehead atoms. The summed E-state index contributed by atoms with van der Waals surface area (Å²) in [7, 11) is 1.63. The smallest absolute Gasteiger partial charge is 0.238 e. The molecule has 1 amide bonds. The van der Waals surface area contributed by atoms with E-state index in [4.69, 9.17) is 9.47 Å². The molecule has 1 unspecified atom stereocenters. The molecule has 1 aromatic carbocycles. The lowest BCUT2D eigenvalue weighted by atomic mass is 10.2. The minimum Gasteiger partial charge on any atom is -0.491 e. The molecule has 1 aromatic rings. The first-order valence-corrected chi connectivity index (χ1v) is 6.90. The molecule has 0 saturated carbocycles. The van der Waals surface area contributed by atoms with Crippen LogP contribution in [0.25, 0.3) is 0 Å². The molecule has 2 N–H and O–H groups in total. The van der Waals surface area contributed by atoms with Crippen molar-refractivity contribution in [1.29, 1.82) is 0 Å². The zero-order chi connectivity index (χ0) is 14.8. The van der Waals surface area contributed by atoms with Crippen molar-refractivity contribution >= 4 is 11.6 Å². The quantitative estimate of drug-likeness (QED) is 0.680. The van der Waals surface area contributed by atoms with Crippen molar-refractivity contribution in [2.45, 2.75) is 26.3 Å². The van der Waals surface area contributed by atoms with Crippen LogP contribution in [0.3, 0.4) is 0 Å². The van der Waals surface area contributed by atoms with Crippen LogP contribution < -0.4 is 15.4 Å². The monoisotopic (exact) mass is 280 g/mol. The summed E-state index contributed by atoms with van der Waals surface area (Å²) < 4.78 is 10.4. The molecule has 0 heterocycles. The first-order valence-electron chi connectivity index (χ1n) is 6.90. The minimum atomic E-state index is -0.0432. The molecule has 0 saturated heterocycles. The van der Waals surface area contributed by atoms with E-state index in [1.165, 1.54) is 0 Å². The number of carbonyl (C=O) groups excluding carboxylic acids is 1. The third-order valence-corrected chi connectivity index (χ3v) is 2.92. The second-order valence-electron chi connectivity index (χ2n) is 4.60. The van der Waals surface area contributed by atoms with Crippen LogP contribution in [0.5, 0.6) is 5.75 Å². The molecule has 0 radical (unpaired) electrons. The van der Waals surface area contributed by atoms with Crippen LogP contribution in [0.2, 0.25) is 0 Å². The van der Waals surface area contributed by atoms with Crippen LogP contribution in [-0.4, -0.2) is 38.8 Å². The Morgan fingerprint density at radius 3 is 2.55 bits per heavy atom. The van der Waals surface area contributed by atoms with Gasteiger partial charge in [-0.1, -0.05) is 6.92 Å². The van der Waals surface area contributed by atoms with E-state index in [2.05, 4.69) is 24.5 Å². The van der Waals surface area contributed by atoms with Crippen LogP contribution in [0, 0.1) is 0 Å². The van der Waals surface area contributed by atoms with Crippen LogP contribution in [0.1, 0.15) is 20.3 Å². The van der Waals surface area contributed by atoms with E-state index < -0.39 is 0 Å². The van der Waals surface area contributed by atoms with Gasteiger partial charge in [-0.25, -0.2) is 0 Å². The molecule has 1 rings (SSSR count). The molecule has 20 heavy (non-hydrogen) atoms. The summed E-state index contributed by atoms with van der Waals surface area (Å²) in [4.78, 5) is 11.7. The average Bonchev–Trinajstić information content (AvgIpc) is 2.47. The molecule has 0 aliphatic heterocycles. The summed E-state index contributed by atoms with van der Waals surface area (Å²) in [5.74, 6) is 0.719. The van der Waals surface area contributed by atoms with Crippen molar-refractivity contribution < 1.29 is 14.3 Å². The minimum absolute atomic E-state index is 0.0432. The van der Waals surface area contributed by atoms with Crippen molar-refractivity contribution in [2.75, 3.05) is 32.2 Å². The fourth-order valence-electron chi connectivity index (χ4n) is 1.49. The van der Waals surface area contributed by atoms with Gasteiger partial charge in [-0.15, -0.1) is 0 Å². The summed E-state index contributed by atoms with van der Waals surface area (Å²) in [6, 6.07) is 7.64. The highest BCUT2D eigenvalue weighted by molar-refractivity contribution is 5.92. The van der Waals surface area contributed by atoms with Gasteiger partial charge in [-0.2, -0.15) is 0 Å². The number of carbonyl (C=O) groups is 1. The summed E-state index contributed by atoms with van der Waals surface area (Å²) in [6.45, 7) is 5.53. The van der Waals surface area contributed by atoms with Gasteiger partial charge in [0.05, 0.1) is 13.2 Å². The number of rotatable bonds is 9. The Morgan fingerprint density at radius 1 is 1.25 bits per heavy atom. The highest BCUT2D eigenvalue weighted by Gasteiger charge is 2.04. The zero-order valence-corrected chi connectivity index (χ0v) is 12.4. The normalized spacial score (nSPS) is 11.9. The molecule has 1 atom stereocenters. The van der Waals surface area contributed by atoms with Gasteiger partial charge in [-0.05, 0) is 37.6 Å². The van der Waals surface area contributed by atoms with E-state index in [-0.39, 0.29) is 5.91 Å². The first kappa shape index (κ1) is 16.5. The van der Waals surface area contributed by atoms with Gasteiger partial charge in [0.1, 0.15) is 12.4 Å². The summed E-state index contributed by atoms with van der Waals surface area (Å²) in [5.41, 5.74) is 0.764. The maximum atomic E-state index is 11.7. The number of hydrogen-bond donors (Lipinski definition) is 2. The SMILES string of the molecule is CCC(C)NCC(=O)Nc1ccc(OCCOC)cc1.